The summed E-state index contributed by atoms with van der Waals surface area (Å²) in [6.45, 7) is -1.72. The van der Waals surface area contributed by atoms with Gasteiger partial charge in [-0.2, -0.15) is 0 Å². The number of rotatable bonds is 6. The van der Waals surface area contributed by atoms with E-state index in [1.165, 1.54) is 25.4 Å². The number of nitrogens with one attached hydrogen (secondary N) is 1. The molecule has 0 saturated heterocycles. The van der Waals surface area contributed by atoms with Crippen molar-refractivity contribution in [3.05, 3.63) is 23.9 Å². The van der Waals surface area contributed by atoms with E-state index < -0.39 is 31.3 Å². The molecule has 0 spiro atoms. The monoisotopic (exact) mass is 256 g/mol. The van der Waals surface area contributed by atoms with Crippen LogP contribution in [-0.4, -0.2) is 58.7 Å². The minimum Gasteiger partial charge on any atom is -0.481 e. The van der Waals surface area contributed by atoms with Crippen molar-refractivity contribution in [2.45, 2.75) is 5.54 Å². The van der Waals surface area contributed by atoms with E-state index in [0.29, 0.717) is 5.88 Å². The van der Waals surface area contributed by atoms with Crippen molar-refractivity contribution >= 4 is 5.91 Å². The van der Waals surface area contributed by atoms with Gasteiger partial charge in [0.2, 0.25) is 5.88 Å². The fourth-order valence-electron chi connectivity index (χ4n) is 1.22. The van der Waals surface area contributed by atoms with Crippen LogP contribution in [0.4, 0.5) is 0 Å². The normalized spacial score (nSPS) is 11.1. The van der Waals surface area contributed by atoms with E-state index in [-0.39, 0.29) is 5.56 Å². The molecule has 0 radical (unpaired) electrons. The van der Waals surface area contributed by atoms with Gasteiger partial charge in [0.1, 0.15) is 5.54 Å². The van der Waals surface area contributed by atoms with Crippen LogP contribution in [0.15, 0.2) is 18.3 Å². The van der Waals surface area contributed by atoms with Gasteiger partial charge >= 0.3 is 0 Å². The topological polar surface area (TPSA) is 112 Å². The molecule has 0 aliphatic heterocycles. The molecule has 4 N–H and O–H groups in total. The molecule has 0 aliphatic rings. The van der Waals surface area contributed by atoms with Crippen LogP contribution in [0, 0.1) is 0 Å². The number of hydrogen-bond donors (Lipinski definition) is 4. The SMILES string of the molecule is COc1ccc(C(=O)NC(CO)(CO)CO)cn1. The maximum absolute atomic E-state index is 11.8. The minimum absolute atomic E-state index is 0.232. The molecule has 1 rings (SSSR count). The van der Waals surface area contributed by atoms with Crippen LogP contribution in [-0.2, 0) is 0 Å². The molecule has 0 atom stereocenters. The van der Waals surface area contributed by atoms with Crippen LogP contribution in [0.3, 0.4) is 0 Å². The maximum Gasteiger partial charge on any atom is 0.253 e. The lowest BCUT2D eigenvalue weighted by atomic mass is 10.0. The lowest BCUT2D eigenvalue weighted by Gasteiger charge is -2.28. The Morgan fingerprint density at radius 3 is 2.33 bits per heavy atom. The highest BCUT2D eigenvalue weighted by atomic mass is 16.5. The summed E-state index contributed by atoms with van der Waals surface area (Å²) >= 11 is 0. The number of aromatic nitrogens is 1. The number of amides is 1. The van der Waals surface area contributed by atoms with Crippen molar-refractivity contribution in [2.24, 2.45) is 0 Å². The van der Waals surface area contributed by atoms with Gasteiger partial charge in [0, 0.05) is 12.3 Å². The largest absolute Gasteiger partial charge is 0.481 e. The third-order valence-corrected chi connectivity index (χ3v) is 2.49. The van der Waals surface area contributed by atoms with Gasteiger partial charge in [0.05, 0.1) is 32.5 Å². The summed E-state index contributed by atoms with van der Waals surface area (Å²) in [5.41, 5.74) is -1.22. The molecule has 7 heteroatoms. The van der Waals surface area contributed by atoms with Gasteiger partial charge in [-0.25, -0.2) is 4.98 Å². The summed E-state index contributed by atoms with van der Waals surface area (Å²) in [7, 11) is 1.45. The van der Waals surface area contributed by atoms with Crippen LogP contribution >= 0.6 is 0 Å². The Kier molecular flexibility index (Phi) is 5.02. The third-order valence-electron chi connectivity index (χ3n) is 2.49. The predicted octanol–water partition coefficient (Wildman–Crippen LogP) is -1.46. The fourth-order valence-corrected chi connectivity index (χ4v) is 1.22. The molecule has 1 aromatic rings. The number of ether oxygens (including phenoxy) is 1. The van der Waals surface area contributed by atoms with Crippen molar-refractivity contribution in [1.82, 2.24) is 10.3 Å². The quantitative estimate of drug-likeness (QED) is 0.494. The molecule has 1 amide bonds. The van der Waals surface area contributed by atoms with Gasteiger partial charge in [0.15, 0.2) is 0 Å². The summed E-state index contributed by atoms with van der Waals surface area (Å²) in [4.78, 5) is 15.7. The second-order valence-corrected chi connectivity index (χ2v) is 3.80. The Hall–Kier alpha value is -1.70. The van der Waals surface area contributed by atoms with E-state index in [1.807, 2.05) is 0 Å². The van der Waals surface area contributed by atoms with Crippen LogP contribution in [0.25, 0.3) is 0 Å². The van der Waals surface area contributed by atoms with Crippen LogP contribution < -0.4 is 10.1 Å². The number of methoxy groups -OCH3 is 1. The molecule has 18 heavy (non-hydrogen) atoms. The molecule has 1 heterocycles. The summed E-state index contributed by atoms with van der Waals surface area (Å²) in [5, 5.41) is 29.6. The Morgan fingerprint density at radius 2 is 1.94 bits per heavy atom. The smallest absolute Gasteiger partial charge is 0.253 e. The molecular weight excluding hydrogens is 240 g/mol. The number of pyridine rings is 1. The van der Waals surface area contributed by atoms with E-state index in [0.717, 1.165) is 0 Å². The van der Waals surface area contributed by atoms with E-state index in [1.54, 1.807) is 0 Å². The zero-order valence-corrected chi connectivity index (χ0v) is 9.96. The Labute approximate surface area is 104 Å². The van der Waals surface area contributed by atoms with E-state index in [9.17, 15) is 4.79 Å². The average molecular weight is 256 g/mol. The number of nitrogens with zero attached hydrogens (tertiary/aromatic N) is 1. The van der Waals surface area contributed by atoms with E-state index in [2.05, 4.69) is 10.3 Å². The lowest BCUT2D eigenvalue weighted by molar-refractivity contribution is 0.0375. The predicted molar refractivity (Wildman–Crippen MR) is 62.2 cm³/mol. The summed E-state index contributed by atoms with van der Waals surface area (Å²) in [5.74, 6) is -0.188. The molecule has 100 valence electrons. The molecule has 0 fully saturated rings. The zero-order chi connectivity index (χ0) is 13.6. The van der Waals surface area contributed by atoms with Crippen LogP contribution in [0.2, 0.25) is 0 Å². The van der Waals surface area contributed by atoms with Crippen LogP contribution in [0.1, 0.15) is 10.4 Å². The van der Waals surface area contributed by atoms with Gasteiger partial charge in [-0.15, -0.1) is 0 Å². The molecule has 0 unspecified atom stereocenters. The van der Waals surface area contributed by atoms with Gasteiger partial charge in [-0.3, -0.25) is 4.79 Å². The average Bonchev–Trinajstić information content (AvgIpc) is 2.45. The van der Waals surface area contributed by atoms with Gasteiger partial charge in [-0.05, 0) is 6.07 Å². The Bertz CT molecular complexity index is 381. The standard InChI is InChI=1S/C11H16N2O5/c1-18-9-3-2-8(4-12-9)10(17)13-11(5-14,6-15)7-16/h2-4,14-16H,5-7H2,1H3,(H,13,17). The first kappa shape index (κ1) is 14.4. The second-order valence-electron chi connectivity index (χ2n) is 3.80. The maximum atomic E-state index is 11.8. The highest BCUT2D eigenvalue weighted by Crippen LogP contribution is 2.09. The van der Waals surface area contributed by atoms with Crippen molar-refractivity contribution < 1.29 is 24.9 Å². The minimum atomic E-state index is -1.45. The summed E-state index contributed by atoms with van der Waals surface area (Å²) in [6.07, 6.45) is 1.30. The van der Waals surface area contributed by atoms with Crippen molar-refractivity contribution in [3.63, 3.8) is 0 Å². The first-order valence-electron chi connectivity index (χ1n) is 5.26. The molecule has 7 nitrogen and oxygen atoms in total. The van der Waals surface area contributed by atoms with E-state index >= 15 is 0 Å². The summed E-state index contributed by atoms with van der Waals surface area (Å²) < 4.78 is 4.85. The molecule has 0 aromatic carbocycles. The van der Waals surface area contributed by atoms with Crippen LogP contribution in [0.5, 0.6) is 5.88 Å². The molecule has 0 saturated carbocycles. The molecular formula is C11H16N2O5. The highest BCUT2D eigenvalue weighted by Gasteiger charge is 2.30. The second kappa shape index (κ2) is 6.29. The Balaban J connectivity index is 2.80. The molecule has 0 bridgehead atoms. The van der Waals surface area contributed by atoms with Crippen molar-refractivity contribution in [1.29, 1.82) is 0 Å². The van der Waals surface area contributed by atoms with Gasteiger partial charge in [0.25, 0.3) is 5.91 Å². The van der Waals surface area contributed by atoms with E-state index in [4.69, 9.17) is 20.1 Å². The molecule has 0 aliphatic carbocycles. The fraction of sp³-hybridized carbons (Fsp3) is 0.455. The first-order valence-corrected chi connectivity index (χ1v) is 5.26. The van der Waals surface area contributed by atoms with Gasteiger partial charge < -0.3 is 25.4 Å². The number of carbonyl (C=O) groups is 1. The number of hydrogen-bond acceptors (Lipinski definition) is 6. The first-order chi connectivity index (χ1) is 8.60. The lowest BCUT2D eigenvalue weighted by Crippen LogP contribution is -2.57. The van der Waals surface area contributed by atoms with Gasteiger partial charge in [-0.1, -0.05) is 0 Å². The molecule has 1 aromatic heterocycles. The third kappa shape index (κ3) is 3.16. The number of carbonyl (C=O) groups excluding carboxylic acids is 1. The zero-order valence-electron chi connectivity index (χ0n) is 9.96. The summed E-state index contributed by atoms with van der Waals surface area (Å²) in [6, 6.07) is 2.99. The van der Waals surface area contributed by atoms with Crippen molar-refractivity contribution in [2.75, 3.05) is 26.9 Å². The number of aliphatic hydroxyl groups is 3. The van der Waals surface area contributed by atoms with Crippen molar-refractivity contribution in [3.8, 4) is 5.88 Å². The Morgan fingerprint density at radius 1 is 1.33 bits per heavy atom. The number of aliphatic hydroxyl groups excluding tert-OH is 3. The highest BCUT2D eigenvalue weighted by molar-refractivity contribution is 5.94.